The fourth-order valence-corrected chi connectivity index (χ4v) is 48.3. The summed E-state index contributed by atoms with van der Waals surface area (Å²) in [6, 6.07) is 8.17. The third-order valence-corrected chi connectivity index (χ3v) is 49.9. The van der Waals surface area contributed by atoms with E-state index in [4.69, 9.17) is 137 Å². The minimum Gasteiger partial charge on any atom is -0.374 e. The van der Waals surface area contributed by atoms with Crippen LogP contribution >= 0.6 is 133 Å². The topological polar surface area (TPSA) is 83.1 Å². The van der Waals surface area contributed by atoms with Gasteiger partial charge in [0.15, 0.2) is 0 Å². The molecule has 2 atom stereocenters. The largest absolute Gasteiger partial charge is 0.511 e. The summed E-state index contributed by atoms with van der Waals surface area (Å²) in [4.78, 5) is 0. The van der Waals surface area contributed by atoms with Gasteiger partial charge in [-0.15, -0.1) is 62.8 Å². The molecule has 0 saturated heterocycles. The van der Waals surface area contributed by atoms with Gasteiger partial charge in [-0.1, -0.05) is 24.3 Å². The second-order valence-electron chi connectivity index (χ2n) is 11.8. The standard InChI is InChI=1S/C31H66O9S12Si3/c1-11-32-53(33-12-2,34-13-3)24-30(41,42)31(43,44)28-23-21-20-22-27(28)29(10,51(47,49-45)25-54(35-14-4,36-15-5)37-16-6)52(48,50-46)26-55(38-17-7,39-18-8)40-19-9/h20-23,41-48H,11-19,24-26H2,1-10H3. The molecule has 55 heavy (non-hydrogen) atoms. The minimum atomic E-state index is -3.41. The van der Waals surface area contributed by atoms with Crippen LogP contribution in [0.4, 0.5) is 0 Å². The molecule has 0 radical (unpaired) electrons. The van der Waals surface area contributed by atoms with Crippen molar-refractivity contribution in [2.45, 2.75) is 87.5 Å². The molecule has 9 nitrogen and oxygen atoms in total. The van der Waals surface area contributed by atoms with Crippen LogP contribution in [0, 0.1) is 0 Å². The van der Waals surface area contributed by atoms with E-state index in [-0.39, 0.29) is 6.04 Å². The molecule has 0 aliphatic carbocycles. The van der Waals surface area contributed by atoms with E-state index in [0.29, 0.717) is 70.2 Å². The van der Waals surface area contributed by atoms with Gasteiger partial charge < -0.3 is 39.8 Å². The Balaban J connectivity index is 4.53. The Morgan fingerprint density at radius 1 is 0.509 bits per heavy atom. The van der Waals surface area contributed by atoms with Crippen molar-refractivity contribution in [3.63, 3.8) is 0 Å². The Hall–Kier alpha value is 3.71. The van der Waals surface area contributed by atoms with Crippen LogP contribution in [0.3, 0.4) is 0 Å². The van der Waals surface area contributed by atoms with Crippen molar-refractivity contribution in [3.05, 3.63) is 35.4 Å². The smallest absolute Gasteiger partial charge is 0.374 e. The quantitative estimate of drug-likeness (QED) is 0.0159. The van der Waals surface area contributed by atoms with Crippen LogP contribution < -0.4 is 0 Å². The maximum atomic E-state index is 6.50. The van der Waals surface area contributed by atoms with E-state index in [1.165, 1.54) is 19.7 Å². The van der Waals surface area contributed by atoms with E-state index in [1.54, 1.807) is 0 Å². The predicted octanol–water partition coefficient (Wildman–Crippen LogP) is 10.9. The highest BCUT2D eigenvalue weighted by atomic mass is 33.7. The highest BCUT2D eigenvalue weighted by molar-refractivity contribution is 9.41. The molecule has 24 heteroatoms. The summed E-state index contributed by atoms with van der Waals surface area (Å²) in [5.74, 6) is 0. The van der Waals surface area contributed by atoms with Crippen molar-refractivity contribution in [3.8, 4) is 0 Å². The average Bonchev–Trinajstić information content (AvgIpc) is 3.11. The zero-order valence-electron chi connectivity index (χ0n) is 33.7. The molecule has 1 rings (SSSR count). The summed E-state index contributed by atoms with van der Waals surface area (Å²) in [5.41, 5.74) is 1.55. The lowest BCUT2D eigenvalue weighted by Gasteiger charge is -2.61. The van der Waals surface area contributed by atoms with E-state index in [0.717, 1.165) is 11.1 Å². The molecule has 1 aromatic carbocycles. The van der Waals surface area contributed by atoms with E-state index in [2.05, 4.69) is 13.0 Å². The minimum absolute atomic E-state index is 0.185. The fraction of sp³-hybridized carbons (Fsp3) is 0.806. The molecule has 2 unspecified atom stereocenters. The van der Waals surface area contributed by atoms with Crippen LogP contribution in [-0.4, -0.2) is 101 Å². The van der Waals surface area contributed by atoms with Crippen molar-refractivity contribution in [1.82, 2.24) is 0 Å². The lowest BCUT2D eigenvalue weighted by atomic mass is 9.99. The molecule has 0 aliphatic heterocycles. The lowest BCUT2D eigenvalue weighted by molar-refractivity contribution is 0.0702. The van der Waals surface area contributed by atoms with Crippen LogP contribution in [0.5, 0.6) is 0 Å². The van der Waals surface area contributed by atoms with E-state index in [9.17, 15) is 0 Å². The Morgan fingerprint density at radius 3 is 1.05 bits per heavy atom. The lowest BCUT2D eigenvalue weighted by Crippen LogP contribution is -2.55. The molecule has 1 aromatic rings. The zero-order chi connectivity index (χ0) is 42.2. The van der Waals surface area contributed by atoms with Crippen LogP contribution in [0.15, 0.2) is 24.3 Å². The second-order valence-corrected chi connectivity index (χ2v) is 41.7. The van der Waals surface area contributed by atoms with E-state index in [1.807, 2.05) is 80.5 Å². The van der Waals surface area contributed by atoms with Gasteiger partial charge in [0, 0.05) is 65.5 Å². The molecule has 0 aliphatic rings. The molecule has 0 saturated carbocycles. The molecular weight excluding hydrogens is 985 g/mol. The second kappa shape index (κ2) is 25.9. The van der Waals surface area contributed by atoms with Crippen molar-refractivity contribution < 1.29 is 39.8 Å². The van der Waals surface area contributed by atoms with Crippen LogP contribution in [0.1, 0.15) is 80.4 Å². The van der Waals surface area contributed by atoms with E-state index < -0.39 is 54.8 Å². The first kappa shape index (κ1) is 56.7. The number of rotatable bonds is 31. The molecule has 0 aromatic heterocycles. The molecule has 0 fully saturated rings. The number of hydrogen-bond donors (Lipinski definition) is 8. The first-order valence-corrected chi connectivity index (χ1v) is 36.3. The van der Waals surface area contributed by atoms with Crippen molar-refractivity contribution in [1.29, 1.82) is 0 Å². The van der Waals surface area contributed by atoms with Gasteiger partial charge in [0.1, 0.15) is 4.08 Å². The normalized spacial score (nSPS) is 18.0. The molecular formula is C31H66O9S12Si3. The fourth-order valence-electron chi connectivity index (χ4n) is 6.08. The molecule has 328 valence electrons. The van der Waals surface area contributed by atoms with Gasteiger partial charge in [-0.3, -0.25) is 0 Å². The third kappa shape index (κ3) is 13.9. The predicted molar refractivity (Wildman–Crippen MR) is 277 cm³/mol. The Bertz CT molecular complexity index is 1180. The van der Waals surface area contributed by atoms with Crippen molar-refractivity contribution in [2.24, 2.45) is 0 Å². The van der Waals surface area contributed by atoms with E-state index >= 15 is 0 Å². The summed E-state index contributed by atoms with van der Waals surface area (Å²) in [7, 11) is -12.3. The number of thiol groups is 8. The van der Waals surface area contributed by atoms with Crippen LogP contribution in [-0.2, 0) is 48.0 Å². The zero-order valence-corrected chi connectivity index (χ0v) is 47.1. The summed E-state index contributed by atoms with van der Waals surface area (Å²) in [5, 5.41) is 0.643. The van der Waals surface area contributed by atoms with Crippen LogP contribution in [0.2, 0.25) is 6.04 Å². The van der Waals surface area contributed by atoms with Gasteiger partial charge in [0.25, 0.3) is 0 Å². The first-order chi connectivity index (χ1) is 25.8. The van der Waals surface area contributed by atoms with Gasteiger partial charge in [-0.2, -0.15) is 50.5 Å². The summed E-state index contributed by atoms with van der Waals surface area (Å²) in [6.45, 7) is 23.0. The van der Waals surface area contributed by atoms with Crippen LogP contribution in [0.25, 0.3) is 0 Å². The summed E-state index contributed by atoms with van der Waals surface area (Å²) >= 11 is 42.7. The Labute approximate surface area is 388 Å². The van der Waals surface area contributed by atoms with Gasteiger partial charge >= 0.3 is 26.4 Å². The molecule has 0 amide bonds. The monoisotopic (exact) mass is 1050 g/mol. The van der Waals surface area contributed by atoms with Gasteiger partial charge in [0.05, 0.1) is 18.9 Å². The third-order valence-electron chi connectivity index (χ3n) is 8.30. The van der Waals surface area contributed by atoms with Crippen molar-refractivity contribution >= 4 is 159 Å². The maximum absolute atomic E-state index is 6.50. The Kier molecular flexibility index (Phi) is 26.7. The van der Waals surface area contributed by atoms with Gasteiger partial charge in [-0.05, 0) is 100 Å². The van der Waals surface area contributed by atoms with Gasteiger partial charge in [-0.25, -0.2) is 0 Å². The SMILES string of the molecule is CCO[Si](CC(S)(S)C(S)(S)c1ccccc1C(C)(S(S)(C[Si](OCC)(OCC)OCC)SS)S(S)(C[Si](OCC)(OCC)OCC)SS)(OCC)OCC. The number of benzene rings is 1. The summed E-state index contributed by atoms with van der Waals surface area (Å²) < 4.78 is 54.2. The number of hydrogen-bond acceptors (Lipinski definition) is 19. The highest BCUT2D eigenvalue weighted by Crippen LogP contribution is 2.93. The molecule has 0 bridgehead atoms. The van der Waals surface area contributed by atoms with Gasteiger partial charge in [0.2, 0.25) is 0 Å². The highest BCUT2D eigenvalue weighted by Gasteiger charge is 2.64. The summed E-state index contributed by atoms with van der Waals surface area (Å²) in [6.07, 6.45) is 0. The average molecular weight is 1050 g/mol. The molecule has 0 heterocycles. The molecule has 0 spiro atoms. The maximum Gasteiger partial charge on any atom is 0.511 e. The Morgan fingerprint density at radius 2 is 0.782 bits per heavy atom. The first-order valence-electron chi connectivity index (χ1n) is 18.2. The molecule has 0 N–H and O–H groups in total. The van der Waals surface area contributed by atoms with Crippen molar-refractivity contribution in [2.75, 3.05) is 70.2 Å².